The van der Waals surface area contributed by atoms with Crippen LogP contribution in [0.1, 0.15) is 44.9 Å². The zero-order valence-corrected chi connectivity index (χ0v) is 15.6. The van der Waals surface area contributed by atoms with Gasteiger partial charge in [0.2, 0.25) is 5.91 Å². The lowest BCUT2D eigenvalue weighted by atomic mass is 9.95. The lowest BCUT2D eigenvalue weighted by Gasteiger charge is -2.34. The normalized spacial score (nSPS) is 20.7. The first-order valence-corrected chi connectivity index (χ1v) is 9.98. The minimum Gasteiger partial charge on any atom is -0.352 e. The largest absolute Gasteiger partial charge is 0.352 e. The number of imidazole rings is 1. The van der Waals surface area contributed by atoms with Crippen LogP contribution >= 0.6 is 0 Å². The zero-order chi connectivity index (χ0) is 17.5. The maximum atomic E-state index is 12.2. The Morgan fingerprint density at radius 1 is 1.12 bits per heavy atom. The van der Waals surface area contributed by atoms with E-state index in [0.717, 1.165) is 64.4 Å². The maximum Gasteiger partial charge on any atom is 0.234 e. The molecule has 2 aliphatic rings. The van der Waals surface area contributed by atoms with Crippen molar-refractivity contribution in [3.63, 3.8) is 0 Å². The summed E-state index contributed by atoms with van der Waals surface area (Å²) in [7, 11) is 0. The number of amides is 1. The first-order chi connectivity index (χ1) is 12.2. The van der Waals surface area contributed by atoms with E-state index >= 15 is 0 Å². The fourth-order valence-electron chi connectivity index (χ4n) is 4.00. The van der Waals surface area contributed by atoms with Crippen LogP contribution in [0, 0.1) is 0 Å². The van der Waals surface area contributed by atoms with E-state index in [4.69, 9.17) is 0 Å². The minimum atomic E-state index is 0.214. The van der Waals surface area contributed by atoms with Crippen LogP contribution in [0.15, 0.2) is 12.4 Å². The van der Waals surface area contributed by atoms with Crippen molar-refractivity contribution >= 4 is 5.91 Å². The number of hydrogen-bond donors (Lipinski definition) is 1. The second-order valence-electron chi connectivity index (χ2n) is 7.41. The van der Waals surface area contributed by atoms with Gasteiger partial charge in [0.25, 0.3) is 0 Å². The molecule has 1 aliphatic heterocycles. The third-order valence-corrected chi connectivity index (χ3v) is 5.58. The molecule has 1 amide bonds. The van der Waals surface area contributed by atoms with Crippen LogP contribution in [0.3, 0.4) is 0 Å². The fraction of sp³-hybridized carbons (Fsp3) is 0.789. The summed E-state index contributed by atoms with van der Waals surface area (Å²) in [5, 5.41) is 3.23. The van der Waals surface area contributed by atoms with Crippen LogP contribution < -0.4 is 5.32 Å². The second kappa shape index (κ2) is 9.34. The van der Waals surface area contributed by atoms with E-state index in [0.29, 0.717) is 12.6 Å². The molecule has 6 nitrogen and oxygen atoms in total. The van der Waals surface area contributed by atoms with Crippen LogP contribution in [-0.2, 0) is 17.8 Å². The summed E-state index contributed by atoms with van der Waals surface area (Å²) in [5.74, 6) is 1.38. The van der Waals surface area contributed by atoms with Gasteiger partial charge in [-0.05, 0) is 12.8 Å². The Morgan fingerprint density at radius 3 is 2.56 bits per heavy atom. The molecule has 0 atom stereocenters. The first-order valence-electron chi connectivity index (χ1n) is 9.98. The van der Waals surface area contributed by atoms with Crippen molar-refractivity contribution in [1.29, 1.82) is 0 Å². The van der Waals surface area contributed by atoms with Crippen LogP contribution in [0.4, 0.5) is 0 Å². The predicted octanol–water partition coefficient (Wildman–Crippen LogP) is 1.51. The topological polar surface area (TPSA) is 53.4 Å². The molecular weight excluding hydrogens is 314 g/mol. The molecule has 2 heterocycles. The molecule has 1 saturated carbocycles. The lowest BCUT2D eigenvalue weighted by molar-refractivity contribution is -0.123. The quantitative estimate of drug-likeness (QED) is 0.812. The number of carbonyl (C=O) groups excluding carboxylic acids is 1. The van der Waals surface area contributed by atoms with Crippen LogP contribution in [0.5, 0.6) is 0 Å². The molecule has 0 aromatic carbocycles. The van der Waals surface area contributed by atoms with Crippen LogP contribution in [0.25, 0.3) is 0 Å². The molecule has 0 unspecified atom stereocenters. The summed E-state index contributed by atoms with van der Waals surface area (Å²) < 4.78 is 2.25. The molecule has 0 radical (unpaired) electrons. The van der Waals surface area contributed by atoms with Gasteiger partial charge in [-0.15, -0.1) is 0 Å². The molecule has 2 fully saturated rings. The SMILES string of the molecule is CCc1nccn1CCN1CCN(CC(=O)NC2CCCCC2)CC1. The number of aryl methyl sites for hydroxylation is 1. The van der Waals surface area contributed by atoms with Gasteiger partial charge in [-0.2, -0.15) is 0 Å². The van der Waals surface area contributed by atoms with E-state index < -0.39 is 0 Å². The first kappa shape index (κ1) is 18.4. The molecular formula is C19H33N5O. The number of nitrogens with one attached hydrogen (secondary N) is 1. The Bertz CT molecular complexity index is 530. The highest BCUT2D eigenvalue weighted by atomic mass is 16.2. The van der Waals surface area contributed by atoms with Gasteiger partial charge < -0.3 is 9.88 Å². The van der Waals surface area contributed by atoms with Gasteiger partial charge in [0.15, 0.2) is 0 Å². The van der Waals surface area contributed by atoms with Crippen molar-refractivity contribution in [1.82, 2.24) is 24.7 Å². The molecule has 0 bridgehead atoms. The Hall–Kier alpha value is -1.40. The predicted molar refractivity (Wildman–Crippen MR) is 99.5 cm³/mol. The van der Waals surface area contributed by atoms with Crippen LogP contribution in [0.2, 0.25) is 0 Å². The standard InChI is InChI=1S/C19H33N5O/c1-2-18-20-8-9-24(18)15-14-22-10-12-23(13-11-22)16-19(25)21-17-6-4-3-5-7-17/h8-9,17H,2-7,10-16H2,1H3,(H,21,25). The Labute approximate surface area is 151 Å². The molecule has 25 heavy (non-hydrogen) atoms. The summed E-state index contributed by atoms with van der Waals surface area (Å²) in [5.41, 5.74) is 0. The van der Waals surface area contributed by atoms with Crippen LogP contribution in [-0.4, -0.2) is 70.6 Å². The van der Waals surface area contributed by atoms with Gasteiger partial charge in [-0.25, -0.2) is 4.98 Å². The third-order valence-electron chi connectivity index (χ3n) is 5.58. The summed E-state index contributed by atoms with van der Waals surface area (Å²) in [6, 6.07) is 0.422. The van der Waals surface area contributed by atoms with E-state index in [1.807, 2.05) is 6.20 Å². The molecule has 1 N–H and O–H groups in total. The minimum absolute atomic E-state index is 0.214. The van der Waals surface area contributed by atoms with Crippen molar-refractivity contribution < 1.29 is 4.79 Å². The third kappa shape index (κ3) is 5.54. The van der Waals surface area contributed by atoms with Crippen molar-refractivity contribution in [3.8, 4) is 0 Å². The summed E-state index contributed by atoms with van der Waals surface area (Å²) in [4.78, 5) is 21.4. The van der Waals surface area contributed by atoms with Crippen molar-refractivity contribution in [2.75, 3.05) is 39.3 Å². The number of hydrogen-bond acceptors (Lipinski definition) is 4. The highest BCUT2D eigenvalue weighted by molar-refractivity contribution is 5.78. The molecule has 140 valence electrons. The van der Waals surface area contributed by atoms with Crippen molar-refractivity contribution in [2.24, 2.45) is 0 Å². The monoisotopic (exact) mass is 347 g/mol. The van der Waals surface area contributed by atoms with Gasteiger partial charge >= 0.3 is 0 Å². The van der Waals surface area contributed by atoms with Crippen molar-refractivity contribution in [3.05, 3.63) is 18.2 Å². The number of carbonyl (C=O) groups is 1. The molecule has 1 aromatic heterocycles. The number of rotatable bonds is 7. The molecule has 3 rings (SSSR count). The molecule has 1 aliphatic carbocycles. The smallest absolute Gasteiger partial charge is 0.234 e. The lowest BCUT2D eigenvalue weighted by Crippen LogP contribution is -2.51. The second-order valence-corrected chi connectivity index (χ2v) is 7.41. The van der Waals surface area contributed by atoms with E-state index in [1.54, 1.807) is 0 Å². The molecule has 0 spiro atoms. The summed E-state index contributed by atoms with van der Waals surface area (Å²) >= 11 is 0. The van der Waals surface area contributed by atoms with E-state index in [1.165, 1.54) is 19.3 Å². The van der Waals surface area contributed by atoms with Crippen molar-refractivity contribution in [2.45, 2.75) is 58.0 Å². The Balaban J connectivity index is 1.33. The molecule has 6 heteroatoms. The summed E-state index contributed by atoms with van der Waals surface area (Å²) in [6.07, 6.45) is 11.1. The maximum absolute atomic E-state index is 12.2. The van der Waals surface area contributed by atoms with E-state index in [9.17, 15) is 4.79 Å². The number of aromatic nitrogens is 2. The average molecular weight is 348 g/mol. The van der Waals surface area contributed by atoms with E-state index in [2.05, 4.69) is 37.8 Å². The van der Waals surface area contributed by atoms with Gasteiger partial charge in [-0.3, -0.25) is 14.6 Å². The van der Waals surface area contributed by atoms with Gasteiger partial charge in [0, 0.05) is 64.1 Å². The number of piperazine rings is 1. The van der Waals surface area contributed by atoms with Gasteiger partial charge in [0.1, 0.15) is 5.82 Å². The average Bonchev–Trinajstić information content (AvgIpc) is 3.09. The van der Waals surface area contributed by atoms with E-state index in [-0.39, 0.29) is 5.91 Å². The zero-order valence-electron chi connectivity index (χ0n) is 15.6. The summed E-state index contributed by atoms with van der Waals surface area (Å²) in [6.45, 7) is 8.85. The molecule has 1 aromatic rings. The number of nitrogens with zero attached hydrogens (tertiary/aromatic N) is 4. The Kier molecular flexibility index (Phi) is 6.87. The Morgan fingerprint density at radius 2 is 1.84 bits per heavy atom. The molecule has 1 saturated heterocycles. The van der Waals surface area contributed by atoms with Gasteiger partial charge in [-0.1, -0.05) is 26.2 Å². The van der Waals surface area contributed by atoms with Gasteiger partial charge in [0.05, 0.1) is 6.54 Å². The fourth-order valence-corrected chi connectivity index (χ4v) is 4.00. The highest BCUT2D eigenvalue weighted by Gasteiger charge is 2.21. The highest BCUT2D eigenvalue weighted by Crippen LogP contribution is 2.17.